The lowest BCUT2D eigenvalue weighted by atomic mass is 9.94. The maximum Gasteiger partial charge on any atom is 0.410 e. The van der Waals surface area contributed by atoms with E-state index in [-0.39, 0.29) is 12.1 Å². The standard InChI is InChI=1S/C24H27FN6O4S/c1-13-10-31-21(26-13)18(34-5)8-17(28-31)16-9-20(32)30-12-19(36-22(30)27-16)14-6-7-29(11-15(14)25)23(33)35-24(2,3)4/h8-10,12,14-15H,6-7,11H2,1-5H3/t14-,15+/m0/s1. The number of aryl methyl sites for hydroxylation is 1. The van der Waals surface area contributed by atoms with Crippen molar-refractivity contribution in [2.45, 2.75) is 51.8 Å². The predicted octanol–water partition coefficient (Wildman–Crippen LogP) is 3.85. The van der Waals surface area contributed by atoms with Gasteiger partial charge in [0.1, 0.15) is 17.5 Å². The molecule has 12 heteroatoms. The Hall–Kier alpha value is -3.54. The summed E-state index contributed by atoms with van der Waals surface area (Å²) in [5.41, 5.74) is 1.26. The number of halogens is 1. The van der Waals surface area contributed by atoms with Crippen molar-refractivity contribution < 1.29 is 18.7 Å². The second-order valence-electron chi connectivity index (χ2n) is 9.85. The molecule has 1 fully saturated rings. The van der Waals surface area contributed by atoms with Gasteiger partial charge in [0.05, 0.1) is 31.2 Å². The highest BCUT2D eigenvalue weighted by Crippen LogP contribution is 2.35. The molecule has 1 aliphatic rings. The molecule has 10 nitrogen and oxygen atoms in total. The average molecular weight is 515 g/mol. The maximum absolute atomic E-state index is 15.2. The van der Waals surface area contributed by atoms with Crippen LogP contribution in [-0.2, 0) is 4.74 Å². The second-order valence-corrected chi connectivity index (χ2v) is 10.9. The van der Waals surface area contributed by atoms with E-state index in [1.54, 1.807) is 50.9 Å². The molecule has 0 unspecified atom stereocenters. The number of rotatable bonds is 3. The Morgan fingerprint density at radius 2 is 1.97 bits per heavy atom. The molecule has 4 aromatic heterocycles. The van der Waals surface area contributed by atoms with Crippen LogP contribution in [0, 0.1) is 6.92 Å². The monoisotopic (exact) mass is 514 g/mol. The van der Waals surface area contributed by atoms with Crippen LogP contribution in [0.4, 0.5) is 9.18 Å². The molecule has 1 amide bonds. The number of alkyl halides is 1. The summed E-state index contributed by atoms with van der Waals surface area (Å²) in [5, 5.41) is 4.54. The second kappa shape index (κ2) is 8.84. The Balaban J connectivity index is 1.44. The van der Waals surface area contributed by atoms with Crippen LogP contribution < -0.4 is 10.3 Å². The van der Waals surface area contributed by atoms with Crippen molar-refractivity contribution in [1.82, 2.24) is 28.9 Å². The van der Waals surface area contributed by atoms with Crippen molar-refractivity contribution in [3.63, 3.8) is 0 Å². The molecule has 0 radical (unpaired) electrons. The summed E-state index contributed by atoms with van der Waals surface area (Å²) in [7, 11) is 1.54. The fourth-order valence-corrected chi connectivity index (χ4v) is 5.45. The first-order valence-electron chi connectivity index (χ1n) is 11.6. The highest BCUT2D eigenvalue weighted by atomic mass is 32.1. The summed E-state index contributed by atoms with van der Waals surface area (Å²) in [6.45, 7) is 7.50. The topological polar surface area (TPSA) is 103 Å². The summed E-state index contributed by atoms with van der Waals surface area (Å²) >= 11 is 1.27. The van der Waals surface area contributed by atoms with E-state index in [1.807, 2.05) is 6.92 Å². The van der Waals surface area contributed by atoms with Gasteiger partial charge in [0.15, 0.2) is 16.4 Å². The molecule has 5 rings (SSSR count). The Kier molecular flexibility index (Phi) is 5.93. The highest BCUT2D eigenvalue weighted by molar-refractivity contribution is 7.17. The van der Waals surface area contributed by atoms with E-state index >= 15 is 4.39 Å². The highest BCUT2D eigenvalue weighted by Gasteiger charge is 2.35. The third-order valence-electron chi connectivity index (χ3n) is 5.94. The van der Waals surface area contributed by atoms with Gasteiger partial charge in [0.2, 0.25) is 0 Å². The number of hydrogen-bond acceptors (Lipinski definition) is 8. The van der Waals surface area contributed by atoms with Crippen LogP contribution in [0.25, 0.3) is 22.0 Å². The van der Waals surface area contributed by atoms with Crippen LogP contribution in [-0.4, -0.2) is 66.9 Å². The molecule has 4 aromatic rings. The lowest BCUT2D eigenvalue weighted by Gasteiger charge is -2.35. The van der Waals surface area contributed by atoms with Gasteiger partial charge >= 0.3 is 6.09 Å². The molecule has 0 spiro atoms. The Bertz CT molecular complexity index is 1520. The van der Waals surface area contributed by atoms with E-state index in [4.69, 9.17) is 9.47 Å². The molecule has 1 saturated heterocycles. The van der Waals surface area contributed by atoms with E-state index < -0.39 is 23.8 Å². The zero-order chi connectivity index (χ0) is 25.8. The summed E-state index contributed by atoms with van der Waals surface area (Å²) in [5.74, 6) is 0.0701. The maximum atomic E-state index is 15.2. The van der Waals surface area contributed by atoms with Gasteiger partial charge in [0.25, 0.3) is 5.56 Å². The van der Waals surface area contributed by atoms with E-state index in [2.05, 4.69) is 15.1 Å². The third kappa shape index (κ3) is 4.52. The van der Waals surface area contributed by atoms with Crippen molar-refractivity contribution >= 4 is 28.0 Å². The number of aromatic nitrogens is 5. The molecule has 0 saturated carbocycles. The van der Waals surface area contributed by atoms with Crippen molar-refractivity contribution in [2.75, 3.05) is 20.2 Å². The molecule has 0 bridgehead atoms. The van der Waals surface area contributed by atoms with Crippen molar-refractivity contribution in [3.8, 4) is 17.1 Å². The number of nitrogens with zero attached hydrogens (tertiary/aromatic N) is 6. The first-order chi connectivity index (χ1) is 17.0. The molecular weight excluding hydrogens is 487 g/mol. The minimum absolute atomic E-state index is 0.0601. The SMILES string of the molecule is COc1cc(-c2cc(=O)n3cc([C@H]4CCN(C(=O)OC(C)(C)C)C[C@H]4F)sc3n2)nn2cc(C)nc12. The Morgan fingerprint density at radius 3 is 2.67 bits per heavy atom. The lowest BCUT2D eigenvalue weighted by Crippen LogP contribution is -2.46. The third-order valence-corrected chi connectivity index (χ3v) is 7.05. The van der Waals surface area contributed by atoms with Gasteiger partial charge < -0.3 is 14.4 Å². The number of fused-ring (bicyclic) bond motifs is 2. The zero-order valence-electron chi connectivity index (χ0n) is 20.7. The van der Waals surface area contributed by atoms with Crippen LogP contribution in [0.2, 0.25) is 0 Å². The van der Waals surface area contributed by atoms with Gasteiger partial charge in [0, 0.05) is 35.7 Å². The molecule has 5 heterocycles. The fourth-order valence-electron chi connectivity index (χ4n) is 4.28. The summed E-state index contributed by atoms with van der Waals surface area (Å²) in [6, 6.07) is 3.09. The Morgan fingerprint density at radius 1 is 1.19 bits per heavy atom. The quantitative estimate of drug-likeness (QED) is 0.409. The predicted molar refractivity (Wildman–Crippen MR) is 133 cm³/mol. The number of amides is 1. The van der Waals surface area contributed by atoms with Gasteiger partial charge in [-0.15, -0.1) is 11.3 Å². The first-order valence-corrected chi connectivity index (χ1v) is 12.4. The number of likely N-dealkylation sites (tertiary alicyclic amines) is 1. The van der Waals surface area contributed by atoms with Crippen molar-refractivity contribution in [2.24, 2.45) is 0 Å². The number of carbonyl (C=O) groups is 1. The lowest BCUT2D eigenvalue weighted by molar-refractivity contribution is 0.0113. The first kappa shape index (κ1) is 24.2. The number of imidazole rings is 1. The van der Waals surface area contributed by atoms with E-state index in [9.17, 15) is 9.59 Å². The molecule has 190 valence electrons. The summed E-state index contributed by atoms with van der Waals surface area (Å²) in [6.07, 6.45) is 2.03. The van der Waals surface area contributed by atoms with Crippen molar-refractivity contribution in [1.29, 1.82) is 0 Å². The van der Waals surface area contributed by atoms with Crippen LogP contribution in [0.5, 0.6) is 5.75 Å². The van der Waals surface area contributed by atoms with Gasteiger partial charge in [-0.25, -0.2) is 23.7 Å². The van der Waals surface area contributed by atoms with E-state index in [1.165, 1.54) is 26.7 Å². The zero-order valence-corrected chi connectivity index (χ0v) is 21.5. The van der Waals surface area contributed by atoms with Gasteiger partial charge in [-0.2, -0.15) is 5.10 Å². The number of thiazole rings is 1. The number of hydrogen-bond donors (Lipinski definition) is 0. The van der Waals surface area contributed by atoms with Crippen LogP contribution in [0.1, 0.15) is 43.7 Å². The molecule has 1 aliphatic heterocycles. The molecule has 0 aliphatic carbocycles. The van der Waals surface area contributed by atoms with Gasteiger partial charge in [-0.3, -0.25) is 9.20 Å². The summed E-state index contributed by atoms with van der Waals surface area (Å²) in [4.78, 5) is 36.9. The minimum atomic E-state index is -1.28. The van der Waals surface area contributed by atoms with Crippen LogP contribution in [0.15, 0.2) is 29.3 Å². The smallest absolute Gasteiger partial charge is 0.410 e. The number of ether oxygens (including phenoxy) is 2. The molecule has 0 aromatic carbocycles. The van der Waals surface area contributed by atoms with Gasteiger partial charge in [-0.1, -0.05) is 0 Å². The number of methoxy groups -OCH3 is 1. The Labute approximate surface area is 210 Å². The van der Waals surface area contributed by atoms with E-state index in [0.717, 1.165) is 5.69 Å². The van der Waals surface area contributed by atoms with Crippen molar-refractivity contribution in [3.05, 3.63) is 45.5 Å². The summed E-state index contributed by atoms with van der Waals surface area (Å²) < 4.78 is 29.1. The average Bonchev–Trinajstić information content (AvgIpc) is 3.40. The number of piperidine rings is 1. The molecule has 2 atom stereocenters. The fraction of sp³-hybridized carbons (Fsp3) is 0.458. The van der Waals surface area contributed by atoms with Crippen LogP contribution >= 0.6 is 11.3 Å². The minimum Gasteiger partial charge on any atom is -0.493 e. The van der Waals surface area contributed by atoms with Crippen LogP contribution in [0.3, 0.4) is 0 Å². The van der Waals surface area contributed by atoms with Gasteiger partial charge in [-0.05, 0) is 34.1 Å². The largest absolute Gasteiger partial charge is 0.493 e. The molecular formula is C24H27FN6O4S. The van der Waals surface area contributed by atoms with E-state index in [0.29, 0.717) is 45.6 Å². The number of carbonyl (C=O) groups excluding carboxylic acids is 1. The normalized spacial score (nSPS) is 18.7. The molecule has 36 heavy (non-hydrogen) atoms. The molecule has 0 N–H and O–H groups in total.